The van der Waals surface area contributed by atoms with Gasteiger partial charge in [0.05, 0.1) is 5.69 Å². The lowest BCUT2D eigenvalue weighted by Gasteiger charge is -2.12. The van der Waals surface area contributed by atoms with Crippen LogP contribution in [0.15, 0.2) is 4.52 Å². The molecule has 0 amide bonds. The van der Waals surface area contributed by atoms with E-state index in [0.29, 0.717) is 6.04 Å². The molecule has 1 aromatic rings. The standard InChI is InChI=1S/C12H20N2OS/c1-8-12(9(2)15-14-8)7-13-10-4-5-11(6-10)16-3/h10-11,13H,4-7H2,1-3H3. The molecule has 1 aromatic heterocycles. The average molecular weight is 240 g/mol. The van der Waals surface area contributed by atoms with Crippen LogP contribution in [0, 0.1) is 13.8 Å². The molecule has 0 aromatic carbocycles. The molecule has 0 bridgehead atoms. The second kappa shape index (κ2) is 5.23. The van der Waals surface area contributed by atoms with Crippen LogP contribution in [0.5, 0.6) is 0 Å². The number of hydrogen-bond acceptors (Lipinski definition) is 4. The van der Waals surface area contributed by atoms with E-state index < -0.39 is 0 Å². The van der Waals surface area contributed by atoms with Crippen LogP contribution in [-0.4, -0.2) is 22.7 Å². The molecule has 1 aliphatic carbocycles. The molecule has 2 unspecified atom stereocenters. The summed E-state index contributed by atoms with van der Waals surface area (Å²) in [6.07, 6.45) is 6.15. The van der Waals surface area contributed by atoms with Crippen molar-refractivity contribution in [3.63, 3.8) is 0 Å². The molecule has 0 spiro atoms. The lowest BCUT2D eigenvalue weighted by molar-refractivity contribution is 0.391. The van der Waals surface area contributed by atoms with Gasteiger partial charge in [0.15, 0.2) is 0 Å². The van der Waals surface area contributed by atoms with Gasteiger partial charge in [0.2, 0.25) is 0 Å². The summed E-state index contributed by atoms with van der Waals surface area (Å²) < 4.78 is 5.16. The number of rotatable bonds is 4. The third-order valence-electron chi connectivity index (χ3n) is 3.47. The van der Waals surface area contributed by atoms with Crippen LogP contribution in [0.25, 0.3) is 0 Å². The molecule has 1 N–H and O–H groups in total. The smallest absolute Gasteiger partial charge is 0.138 e. The summed E-state index contributed by atoms with van der Waals surface area (Å²) in [7, 11) is 0. The van der Waals surface area contributed by atoms with E-state index in [9.17, 15) is 0 Å². The zero-order valence-corrected chi connectivity index (χ0v) is 11.1. The molecule has 16 heavy (non-hydrogen) atoms. The Labute approximate surface area is 101 Å². The van der Waals surface area contributed by atoms with Gasteiger partial charge in [-0.15, -0.1) is 0 Å². The van der Waals surface area contributed by atoms with Gasteiger partial charge in [0, 0.05) is 23.4 Å². The maximum atomic E-state index is 5.16. The van der Waals surface area contributed by atoms with Gasteiger partial charge in [-0.25, -0.2) is 0 Å². The normalized spacial score (nSPS) is 25.2. The second-order valence-corrected chi connectivity index (χ2v) is 5.69. The molecule has 4 heteroatoms. The van der Waals surface area contributed by atoms with Gasteiger partial charge in [0.1, 0.15) is 5.76 Å². The van der Waals surface area contributed by atoms with Gasteiger partial charge in [-0.3, -0.25) is 0 Å². The maximum Gasteiger partial charge on any atom is 0.138 e. The van der Waals surface area contributed by atoms with Crippen molar-refractivity contribution in [2.24, 2.45) is 0 Å². The van der Waals surface area contributed by atoms with Crippen LogP contribution in [0.3, 0.4) is 0 Å². The molecular formula is C12H20N2OS. The van der Waals surface area contributed by atoms with Gasteiger partial charge < -0.3 is 9.84 Å². The van der Waals surface area contributed by atoms with Crippen LogP contribution < -0.4 is 5.32 Å². The molecule has 1 saturated carbocycles. The number of nitrogens with zero attached hydrogens (tertiary/aromatic N) is 1. The minimum absolute atomic E-state index is 0.672. The van der Waals surface area contributed by atoms with Crippen molar-refractivity contribution < 1.29 is 4.52 Å². The zero-order chi connectivity index (χ0) is 11.5. The summed E-state index contributed by atoms with van der Waals surface area (Å²) in [5, 5.41) is 8.44. The lowest BCUT2D eigenvalue weighted by Crippen LogP contribution is -2.26. The van der Waals surface area contributed by atoms with Gasteiger partial charge in [-0.1, -0.05) is 5.16 Å². The fraction of sp³-hybridized carbons (Fsp3) is 0.750. The monoisotopic (exact) mass is 240 g/mol. The van der Waals surface area contributed by atoms with Crippen LogP contribution >= 0.6 is 11.8 Å². The predicted molar refractivity (Wildman–Crippen MR) is 67.8 cm³/mol. The van der Waals surface area contributed by atoms with E-state index in [1.54, 1.807) is 0 Å². The Bertz CT molecular complexity index is 331. The van der Waals surface area contributed by atoms with E-state index in [-0.39, 0.29) is 0 Å². The highest BCUT2D eigenvalue weighted by molar-refractivity contribution is 7.99. The summed E-state index contributed by atoms with van der Waals surface area (Å²) in [6, 6.07) is 0.672. The fourth-order valence-corrected chi connectivity index (χ4v) is 3.14. The summed E-state index contributed by atoms with van der Waals surface area (Å²) in [5.41, 5.74) is 2.25. The first kappa shape index (κ1) is 12.0. The molecule has 90 valence electrons. The van der Waals surface area contributed by atoms with Crippen molar-refractivity contribution in [1.82, 2.24) is 10.5 Å². The van der Waals surface area contributed by atoms with Gasteiger partial charge in [-0.05, 0) is 39.4 Å². The molecule has 0 aliphatic heterocycles. The van der Waals surface area contributed by atoms with Crippen molar-refractivity contribution in [2.75, 3.05) is 6.26 Å². The van der Waals surface area contributed by atoms with Crippen LogP contribution in [0.2, 0.25) is 0 Å². The van der Waals surface area contributed by atoms with Crippen LogP contribution in [-0.2, 0) is 6.54 Å². The van der Waals surface area contributed by atoms with Gasteiger partial charge in [0.25, 0.3) is 0 Å². The Balaban J connectivity index is 1.84. The molecule has 2 atom stereocenters. The van der Waals surface area contributed by atoms with Crippen molar-refractivity contribution in [1.29, 1.82) is 0 Å². The minimum atomic E-state index is 0.672. The molecule has 0 radical (unpaired) electrons. The molecule has 2 rings (SSSR count). The number of thioether (sulfide) groups is 1. The number of aryl methyl sites for hydroxylation is 2. The first-order valence-electron chi connectivity index (χ1n) is 5.88. The topological polar surface area (TPSA) is 38.1 Å². The summed E-state index contributed by atoms with van der Waals surface area (Å²) in [4.78, 5) is 0. The van der Waals surface area contributed by atoms with Gasteiger partial charge >= 0.3 is 0 Å². The fourth-order valence-electron chi connectivity index (χ4n) is 2.34. The lowest BCUT2D eigenvalue weighted by atomic mass is 10.2. The largest absolute Gasteiger partial charge is 0.361 e. The number of aromatic nitrogens is 1. The van der Waals surface area contributed by atoms with E-state index in [1.165, 1.54) is 24.8 Å². The van der Waals surface area contributed by atoms with E-state index in [1.807, 2.05) is 25.6 Å². The second-order valence-electron chi connectivity index (χ2n) is 4.55. The van der Waals surface area contributed by atoms with Crippen LogP contribution in [0.1, 0.15) is 36.3 Å². The predicted octanol–water partition coefficient (Wildman–Crippen LogP) is 2.67. The SMILES string of the molecule is CSC1CCC(NCc2c(C)noc2C)C1. The molecule has 1 fully saturated rings. The van der Waals surface area contributed by atoms with E-state index in [2.05, 4.69) is 16.7 Å². The van der Waals surface area contributed by atoms with Crippen LogP contribution in [0.4, 0.5) is 0 Å². The third-order valence-corrected chi connectivity index (χ3v) is 4.56. The highest BCUT2D eigenvalue weighted by Crippen LogP contribution is 2.28. The highest BCUT2D eigenvalue weighted by atomic mass is 32.2. The molecule has 3 nitrogen and oxygen atoms in total. The molecular weight excluding hydrogens is 220 g/mol. The summed E-state index contributed by atoms with van der Waals surface area (Å²) in [6.45, 7) is 4.89. The maximum absolute atomic E-state index is 5.16. The molecule has 0 saturated heterocycles. The summed E-state index contributed by atoms with van der Waals surface area (Å²) >= 11 is 1.99. The first-order valence-corrected chi connectivity index (χ1v) is 7.17. The zero-order valence-electron chi connectivity index (χ0n) is 10.2. The Morgan fingerprint density at radius 1 is 1.44 bits per heavy atom. The minimum Gasteiger partial charge on any atom is -0.361 e. The van der Waals surface area contributed by atoms with Crippen molar-refractivity contribution in [3.8, 4) is 0 Å². The van der Waals surface area contributed by atoms with Crippen molar-refractivity contribution in [3.05, 3.63) is 17.0 Å². The number of nitrogens with one attached hydrogen (secondary N) is 1. The number of hydrogen-bond donors (Lipinski definition) is 1. The first-order chi connectivity index (χ1) is 7.70. The van der Waals surface area contributed by atoms with Gasteiger partial charge in [-0.2, -0.15) is 11.8 Å². The summed E-state index contributed by atoms with van der Waals surface area (Å²) in [5.74, 6) is 0.949. The molecule has 1 heterocycles. The Kier molecular flexibility index (Phi) is 3.92. The highest BCUT2D eigenvalue weighted by Gasteiger charge is 2.23. The van der Waals surface area contributed by atoms with E-state index in [4.69, 9.17) is 4.52 Å². The van der Waals surface area contributed by atoms with E-state index >= 15 is 0 Å². The van der Waals surface area contributed by atoms with Crippen molar-refractivity contribution in [2.45, 2.75) is 50.9 Å². The Morgan fingerprint density at radius 2 is 2.25 bits per heavy atom. The Hall–Kier alpha value is -0.480. The molecule has 1 aliphatic rings. The average Bonchev–Trinajstić information content (AvgIpc) is 2.85. The Morgan fingerprint density at radius 3 is 2.81 bits per heavy atom. The van der Waals surface area contributed by atoms with E-state index in [0.717, 1.165) is 23.2 Å². The third kappa shape index (κ3) is 2.61. The quantitative estimate of drug-likeness (QED) is 0.878. The van der Waals surface area contributed by atoms with Crippen molar-refractivity contribution >= 4 is 11.8 Å².